The van der Waals surface area contributed by atoms with E-state index in [2.05, 4.69) is 15.3 Å². The lowest BCUT2D eigenvalue weighted by molar-refractivity contribution is 0.0779. The molecule has 0 saturated carbocycles. The van der Waals surface area contributed by atoms with Crippen LogP contribution in [0.2, 0.25) is 0 Å². The highest BCUT2D eigenvalue weighted by atomic mass is 16.2. The molecule has 25 heavy (non-hydrogen) atoms. The maximum Gasteiger partial charge on any atom is 0.272 e. The van der Waals surface area contributed by atoms with E-state index in [1.165, 1.54) is 0 Å². The van der Waals surface area contributed by atoms with Gasteiger partial charge in [0.2, 0.25) is 0 Å². The molecule has 0 radical (unpaired) electrons. The van der Waals surface area contributed by atoms with Gasteiger partial charge in [0, 0.05) is 25.3 Å². The molecule has 126 valence electrons. The number of anilines is 2. The molecular formula is C20H20N4O. The van der Waals surface area contributed by atoms with Gasteiger partial charge >= 0.3 is 0 Å². The first-order valence-corrected chi connectivity index (χ1v) is 8.09. The van der Waals surface area contributed by atoms with Crippen LogP contribution >= 0.6 is 0 Å². The molecular weight excluding hydrogens is 312 g/mol. The molecule has 5 heteroatoms. The molecule has 0 spiro atoms. The Kier molecular flexibility index (Phi) is 5.04. The quantitative estimate of drug-likeness (QED) is 0.772. The number of carbonyl (C=O) groups excluding carboxylic acids is 1. The molecule has 0 fully saturated rings. The molecule has 0 aliphatic heterocycles. The van der Waals surface area contributed by atoms with Crippen molar-refractivity contribution in [3.8, 4) is 0 Å². The van der Waals surface area contributed by atoms with E-state index < -0.39 is 0 Å². The minimum absolute atomic E-state index is 0.134. The molecule has 0 saturated heterocycles. The summed E-state index contributed by atoms with van der Waals surface area (Å²) in [7, 11) is 1.77. The molecule has 5 nitrogen and oxygen atoms in total. The summed E-state index contributed by atoms with van der Waals surface area (Å²) < 4.78 is 0. The van der Waals surface area contributed by atoms with Gasteiger partial charge in [-0.3, -0.25) is 4.79 Å². The Morgan fingerprint density at radius 2 is 1.64 bits per heavy atom. The van der Waals surface area contributed by atoms with Gasteiger partial charge in [-0.05, 0) is 24.6 Å². The highest BCUT2D eigenvalue weighted by Crippen LogP contribution is 2.16. The number of aryl methyl sites for hydroxylation is 1. The van der Waals surface area contributed by atoms with Gasteiger partial charge in [-0.25, -0.2) is 9.97 Å². The standard InChI is InChI=1S/C20H20N4O/c1-15-21-18(13-19(22-15)23-17-11-7-4-8-12-17)20(25)24(2)14-16-9-5-3-6-10-16/h3-13H,14H2,1-2H3,(H,21,22,23). The van der Waals surface area contributed by atoms with Crippen LogP contribution in [0.25, 0.3) is 0 Å². The van der Waals surface area contributed by atoms with E-state index in [1.807, 2.05) is 60.7 Å². The van der Waals surface area contributed by atoms with Crippen LogP contribution in [0.5, 0.6) is 0 Å². The zero-order valence-electron chi connectivity index (χ0n) is 14.3. The summed E-state index contributed by atoms with van der Waals surface area (Å²) in [4.78, 5) is 23.0. The zero-order chi connectivity index (χ0) is 17.6. The van der Waals surface area contributed by atoms with Crippen LogP contribution in [0.15, 0.2) is 66.7 Å². The van der Waals surface area contributed by atoms with Crippen molar-refractivity contribution in [1.82, 2.24) is 14.9 Å². The number of benzene rings is 2. The maximum absolute atomic E-state index is 12.7. The second kappa shape index (κ2) is 7.57. The lowest BCUT2D eigenvalue weighted by atomic mass is 10.2. The van der Waals surface area contributed by atoms with Gasteiger partial charge < -0.3 is 10.2 Å². The Hall–Kier alpha value is -3.21. The van der Waals surface area contributed by atoms with Gasteiger partial charge in [0.05, 0.1) is 0 Å². The third kappa shape index (κ3) is 4.41. The lowest BCUT2D eigenvalue weighted by Gasteiger charge is -2.17. The van der Waals surface area contributed by atoms with E-state index in [4.69, 9.17) is 0 Å². The maximum atomic E-state index is 12.7. The number of aromatic nitrogens is 2. The van der Waals surface area contributed by atoms with Crippen molar-refractivity contribution >= 4 is 17.4 Å². The molecule has 0 aliphatic rings. The highest BCUT2D eigenvalue weighted by Gasteiger charge is 2.15. The topological polar surface area (TPSA) is 58.1 Å². The summed E-state index contributed by atoms with van der Waals surface area (Å²) in [6.07, 6.45) is 0. The number of amides is 1. The summed E-state index contributed by atoms with van der Waals surface area (Å²) in [5, 5.41) is 3.21. The summed E-state index contributed by atoms with van der Waals surface area (Å²) in [6, 6.07) is 21.3. The van der Waals surface area contributed by atoms with Crippen LogP contribution in [0.4, 0.5) is 11.5 Å². The molecule has 3 aromatic rings. The van der Waals surface area contributed by atoms with Gasteiger partial charge in [0.1, 0.15) is 17.3 Å². The number of hydrogen-bond acceptors (Lipinski definition) is 4. The van der Waals surface area contributed by atoms with Crippen molar-refractivity contribution in [1.29, 1.82) is 0 Å². The number of hydrogen-bond donors (Lipinski definition) is 1. The molecule has 0 unspecified atom stereocenters. The monoisotopic (exact) mass is 332 g/mol. The SMILES string of the molecule is Cc1nc(Nc2ccccc2)cc(C(=O)N(C)Cc2ccccc2)n1. The summed E-state index contributed by atoms with van der Waals surface area (Å²) in [5.41, 5.74) is 2.37. The lowest BCUT2D eigenvalue weighted by Crippen LogP contribution is -2.27. The average Bonchev–Trinajstić information content (AvgIpc) is 2.62. The predicted octanol–water partition coefficient (Wildman–Crippen LogP) is 3.80. The molecule has 0 atom stereocenters. The average molecular weight is 332 g/mol. The number of carbonyl (C=O) groups is 1. The smallest absolute Gasteiger partial charge is 0.272 e. The summed E-state index contributed by atoms with van der Waals surface area (Å²) in [6.45, 7) is 2.31. The Morgan fingerprint density at radius 3 is 2.32 bits per heavy atom. The number of rotatable bonds is 5. The Bertz CT molecular complexity index is 850. The van der Waals surface area contributed by atoms with Crippen molar-refractivity contribution in [2.45, 2.75) is 13.5 Å². The van der Waals surface area contributed by atoms with E-state index in [1.54, 1.807) is 24.9 Å². The van der Waals surface area contributed by atoms with Crippen LogP contribution in [0, 0.1) is 6.92 Å². The minimum atomic E-state index is -0.134. The first-order chi connectivity index (χ1) is 12.1. The third-order valence-electron chi connectivity index (χ3n) is 3.71. The number of para-hydroxylation sites is 1. The van der Waals surface area contributed by atoms with E-state index in [0.717, 1.165) is 11.3 Å². The number of nitrogens with zero attached hydrogens (tertiary/aromatic N) is 3. The van der Waals surface area contributed by atoms with Gasteiger partial charge in [-0.15, -0.1) is 0 Å². The summed E-state index contributed by atoms with van der Waals surface area (Å²) >= 11 is 0. The Labute approximate surface area is 147 Å². The molecule has 1 aromatic heterocycles. The highest BCUT2D eigenvalue weighted by molar-refractivity contribution is 5.93. The van der Waals surface area contributed by atoms with E-state index in [-0.39, 0.29) is 5.91 Å². The third-order valence-corrected chi connectivity index (χ3v) is 3.71. The van der Waals surface area contributed by atoms with Gasteiger partial charge in [0.25, 0.3) is 5.91 Å². The second-order valence-electron chi connectivity index (χ2n) is 5.82. The molecule has 1 heterocycles. The normalized spacial score (nSPS) is 10.3. The second-order valence-corrected chi connectivity index (χ2v) is 5.82. The molecule has 1 amide bonds. The van der Waals surface area contributed by atoms with Gasteiger partial charge in [0.15, 0.2) is 0 Å². The van der Waals surface area contributed by atoms with Crippen molar-refractivity contribution in [2.24, 2.45) is 0 Å². The molecule has 1 N–H and O–H groups in total. The van der Waals surface area contributed by atoms with E-state index >= 15 is 0 Å². The fourth-order valence-electron chi connectivity index (χ4n) is 2.54. The first kappa shape index (κ1) is 16.6. The van der Waals surface area contributed by atoms with E-state index in [0.29, 0.717) is 23.9 Å². The van der Waals surface area contributed by atoms with Crippen LogP contribution in [0.1, 0.15) is 21.9 Å². The van der Waals surface area contributed by atoms with Crippen molar-refractivity contribution in [3.05, 3.63) is 83.8 Å². The summed E-state index contributed by atoms with van der Waals surface area (Å²) in [5.74, 6) is 1.03. The fourth-order valence-corrected chi connectivity index (χ4v) is 2.54. The fraction of sp³-hybridized carbons (Fsp3) is 0.150. The van der Waals surface area contributed by atoms with Crippen molar-refractivity contribution in [2.75, 3.05) is 12.4 Å². The largest absolute Gasteiger partial charge is 0.340 e. The van der Waals surface area contributed by atoms with Gasteiger partial charge in [-0.2, -0.15) is 0 Å². The predicted molar refractivity (Wildman–Crippen MR) is 98.7 cm³/mol. The van der Waals surface area contributed by atoms with E-state index in [9.17, 15) is 4.79 Å². The Balaban J connectivity index is 1.78. The molecule has 2 aromatic carbocycles. The number of nitrogens with one attached hydrogen (secondary N) is 1. The first-order valence-electron chi connectivity index (χ1n) is 8.09. The van der Waals surface area contributed by atoms with Crippen molar-refractivity contribution < 1.29 is 4.79 Å². The van der Waals surface area contributed by atoms with Gasteiger partial charge in [-0.1, -0.05) is 48.5 Å². The van der Waals surface area contributed by atoms with Crippen LogP contribution in [-0.2, 0) is 6.54 Å². The van der Waals surface area contributed by atoms with Crippen LogP contribution < -0.4 is 5.32 Å². The van der Waals surface area contributed by atoms with Crippen LogP contribution in [0.3, 0.4) is 0 Å². The molecule has 3 rings (SSSR count). The Morgan fingerprint density at radius 1 is 1.00 bits per heavy atom. The minimum Gasteiger partial charge on any atom is -0.340 e. The molecule has 0 bridgehead atoms. The molecule has 0 aliphatic carbocycles. The van der Waals surface area contributed by atoms with Crippen molar-refractivity contribution in [3.63, 3.8) is 0 Å². The van der Waals surface area contributed by atoms with Crippen LogP contribution in [-0.4, -0.2) is 27.8 Å². The zero-order valence-corrected chi connectivity index (χ0v) is 14.3.